The Kier molecular flexibility index (Phi) is 7.06. The number of anilines is 1. The van der Waals surface area contributed by atoms with Gasteiger partial charge in [-0.05, 0) is 67.7 Å². The Morgan fingerprint density at radius 3 is 2.50 bits per heavy atom. The maximum Gasteiger partial charge on any atom is 0.338 e. The molecular formula is C22H29NO5. The first-order chi connectivity index (χ1) is 13.5. The second-order valence-corrected chi connectivity index (χ2v) is 7.91. The smallest absolute Gasteiger partial charge is 0.338 e. The van der Waals surface area contributed by atoms with E-state index in [1.807, 2.05) is 6.92 Å². The molecule has 0 aromatic heterocycles. The molecule has 2 bridgehead atoms. The fraction of sp³-hybridized carbons (Fsp3) is 0.591. The third-order valence-electron chi connectivity index (χ3n) is 5.81. The van der Waals surface area contributed by atoms with Crippen LogP contribution in [0.25, 0.3) is 0 Å². The molecule has 2 saturated carbocycles. The number of benzene rings is 1. The van der Waals surface area contributed by atoms with E-state index in [-0.39, 0.29) is 24.5 Å². The topological polar surface area (TPSA) is 81.7 Å². The number of carbonyl (C=O) groups excluding carboxylic acids is 3. The number of rotatable bonds is 9. The summed E-state index contributed by atoms with van der Waals surface area (Å²) >= 11 is 0. The summed E-state index contributed by atoms with van der Waals surface area (Å²) < 4.78 is 10.3. The molecule has 152 valence electrons. The average molecular weight is 387 g/mol. The Bertz CT molecular complexity index is 699. The number of hydrogen-bond acceptors (Lipinski definition) is 5. The van der Waals surface area contributed by atoms with E-state index in [0.717, 1.165) is 25.2 Å². The molecule has 28 heavy (non-hydrogen) atoms. The molecule has 0 saturated heterocycles. The van der Waals surface area contributed by atoms with Gasteiger partial charge in [-0.3, -0.25) is 9.59 Å². The molecule has 6 heteroatoms. The second-order valence-electron chi connectivity index (χ2n) is 7.91. The fourth-order valence-corrected chi connectivity index (χ4v) is 4.32. The van der Waals surface area contributed by atoms with Crippen LogP contribution < -0.4 is 5.32 Å². The van der Waals surface area contributed by atoms with Crippen molar-refractivity contribution in [1.82, 2.24) is 0 Å². The highest BCUT2D eigenvalue weighted by atomic mass is 16.5. The maximum absolute atomic E-state index is 12.0. The molecule has 3 rings (SSSR count). The normalized spacial score (nSPS) is 22.7. The molecule has 2 aliphatic rings. The van der Waals surface area contributed by atoms with E-state index in [1.165, 1.54) is 19.3 Å². The van der Waals surface area contributed by atoms with Crippen LogP contribution >= 0.6 is 0 Å². The zero-order chi connectivity index (χ0) is 19.9. The first-order valence-corrected chi connectivity index (χ1v) is 10.3. The number of amides is 1. The highest BCUT2D eigenvalue weighted by molar-refractivity contribution is 5.94. The lowest BCUT2D eigenvalue weighted by atomic mass is 9.86. The molecule has 2 fully saturated rings. The molecule has 1 amide bonds. The first-order valence-electron chi connectivity index (χ1n) is 10.3. The van der Waals surface area contributed by atoms with Gasteiger partial charge >= 0.3 is 11.9 Å². The molecule has 3 atom stereocenters. The monoisotopic (exact) mass is 387 g/mol. The molecule has 0 heterocycles. The minimum absolute atomic E-state index is 0.291. The summed E-state index contributed by atoms with van der Waals surface area (Å²) in [7, 11) is 0. The molecule has 1 aromatic rings. The summed E-state index contributed by atoms with van der Waals surface area (Å²) in [5.41, 5.74) is 0.977. The third kappa shape index (κ3) is 5.57. The number of fused-ring (bicyclic) bond motifs is 2. The average Bonchev–Trinajstić information content (AvgIpc) is 3.30. The Morgan fingerprint density at radius 2 is 1.86 bits per heavy atom. The van der Waals surface area contributed by atoms with Crippen LogP contribution in [0.1, 0.15) is 62.2 Å². The highest BCUT2D eigenvalue weighted by Gasteiger charge is 2.40. The lowest BCUT2D eigenvalue weighted by Crippen LogP contribution is -2.23. The lowest BCUT2D eigenvalue weighted by molar-refractivity contribution is -0.148. The molecular weight excluding hydrogens is 358 g/mol. The van der Waals surface area contributed by atoms with Gasteiger partial charge in [0, 0.05) is 12.1 Å². The van der Waals surface area contributed by atoms with Crippen molar-refractivity contribution in [2.24, 2.45) is 17.8 Å². The molecule has 0 unspecified atom stereocenters. The van der Waals surface area contributed by atoms with Crippen LogP contribution in [-0.2, 0) is 19.1 Å². The molecule has 0 radical (unpaired) electrons. The fourth-order valence-electron chi connectivity index (χ4n) is 4.32. The molecule has 0 aliphatic heterocycles. The minimum Gasteiger partial charge on any atom is -0.462 e. The van der Waals surface area contributed by atoms with Gasteiger partial charge in [0.15, 0.2) is 6.61 Å². The quantitative estimate of drug-likeness (QED) is 0.512. The van der Waals surface area contributed by atoms with Gasteiger partial charge in [-0.15, -0.1) is 0 Å². The molecule has 1 aromatic carbocycles. The summed E-state index contributed by atoms with van der Waals surface area (Å²) in [6.45, 7) is 2.14. The minimum atomic E-state index is -0.389. The van der Waals surface area contributed by atoms with Crippen LogP contribution in [0, 0.1) is 17.8 Å². The highest BCUT2D eigenvalue weighted by Crippen LogP contribution is 2.49. The number of esters is 2. The first kappa shape index (κ1) is 20.4. The van der Waals surface area contributed by atoms with E-state index in [1.54, 1.807) is 24.3 Å². The van der Waals surface area contributed by atoms with Gasteiger partial charge in [-0.25, -0.2) is 4.79 Å². The summed E-state index contributed by atoms with van der Waals surface area (Å²) in [6, 6.07) is 6.47. The Hall–Kier alpha value is -2.37. The predicted molar refractivity (Wildman–Crippen MR) is 105 cm³/mol. The third-order valence-corrected chi connectivity index (χ3v) is 5.81. The number of unbranched alkanes of at least 4 members (excludes halogenated alkanes) is 1. The van der Waals surface area contributed by atoms with Gasteiger partial charge in [-0.1, -0.05) is 19.8 Å². The van der Waals surface area contributed by atoms with E-state index < -0.39 is 0 Å². The van der Waals surface area contributed by atoms with Gasteiger partial charge < -0.3 is 14.8 Å². The number of hydrogen-bond donors (Lipinski definition) is 1. The van der Waals surface area contributed by atoms with Gasteiger partial charge in [-0.2, -0.15) is 0 Å². The van der Waals surface area contributed by atoms with Crippen molar-refractivity contribution in [2.75, 3.05) is 18.5 Å². The van der Waals surface area contributed by atoms with Crippen molar-refractivity contribution in [1.29, 1.82) is 0 Å². The van der Waals surface area contributed by atoms with Crippen molar-refractivity contribution < 1.29 is 23.9 Å². The van der Waals surface area contributed by atoms with E-state index in [0.29, 0.717) is 36.1 Å². The Morgan fingerprint density at radius 1 is 1.07 bits per heavy atom. The van der Waals surface area contributed by atoms with E-state index in [4.69, 9.17) is 9.47 Å². The van der Waals surface area contributed by atoms with Crippen molar-refractivity contribution in [3.63, 3.8) is 0 Å². The standard InChI is InChI=1S/C22H29NO5/c1-2-3-10-27-22(26)16-6-8-19(9-7-16)23-20(24)14-28-21(25)13-18-12-15-4-5-17(18)11-15/h6-9,15,17-18H,2-5,10-14H2,1H3,(H,23,24)/t15-,17+,18-/m0/s1. The summed E-state index contributed by atoms with van der Waals surface area (Å²) in [5, 5.41) is 2.67. The molecule has 1 N–H and O–H groups in total. The maximum atomic E-state index is 12.0. The zero-order valence-electron chi connectivity index (χ0n) is 16.4. The van der Waals surface area contributed by atoms with E-state index >= 15 is 0 Å². The Labute approximate surface area is 166 Å². The van der Waals surface area contributed by atoms with Crippen molar-refractivity contribution in [3.05, 3.63) is 29.8 Å². The van der Waals surface area contributed by atoms with Gasteiger partial charge in [0.05, 0.1) is 12.2 Å². The van der Waals surface area contributed by atoms with Crippen LogP contribution in [0.2, 0.25) is 0 Å². The zero-order valence-corrected chi connectivity index (χ0v) is 16.4. The van der Waals surface area contributed by atoms with Crippen LogP contribution in [0.3, 0.4) is 0 Å². The van der Waals surface area contributed by atoms with Crippen molar-refractivity contribution in [2.45, 2.75) is 51.9 Å². The molecule has 6 nitrogen and oxygen atoms in total. The summed E-state index contributed by atoms with van der Waals surface area (Å²) in [4.78, 5) is 35.9. The van der Waals surface area contributed by atoms with E-state index in [2.05, 4.69) is 5.32 Å². The van der Waals surface area contributed by atoms with Crippen LogP contribution in [0.4, 0.5) is 5.69 Å². The summed E-state index contributed by atoms with van der Waals surface area (Å²) in [5.74, 6) is 0.828. The van der Waals surface area contributed by atoms with Gasteiger partial charge in [0.2, 0.25) is 0 Å². The number of carbonyl (C=O) groups is 3. The summed E-state index contributed by atoms with van der Waals surface area (Å²) in [6.07, 6.45) is 7.12. The number of ether oxygens (including phenoxy) is 2. The number of nitrogens with one attached hydrogen (secondary N) is 1. The SMILES string of the molecule is CCCCOC(=O)c1ccc(NC(=O)COC(=O)C[C@@H]2C[C@H]3CC[C@@H]2C3)cc1. The van der Waals surface area contributed by atoms with Crippen LogP contribution in [0.5, 0.6) is 0 Å². The van der Waals surface area contributed by atoms with Crippen molar-refractivity contribution >= 4 is 23.5 Å². The van der Waals surface area contributed by atoms with E-state index in [9.17, 15) is 14.4 Å². The van der Waals surface area contributed by atoms with Crippen molar-refractivity contribution in [3.8, 4) is 0 Å². The van der Waals surface area contributed by atoms with Gasteiger partial charge in [0.25, 0.3) is 5.91 Å². The Balaban J connectivity index is 1.37. The predicted octanol–water partition coefficient (Wildman–Crippen LogP) is 3.95. The van der Waals surface area contributed by atoms with Crippen LogP contribution in [0.15, 0.2) is 24.3 Å². The molecule has 2 aliphatic carbocycles. The lowest BCUT2D eigenvalue weighted by Gasteiger charge is -2.20. The van der Waals surface area contributed by atoms with Gasteiger partial charge in [0.1, 0.15) is 0 Å². The largest absolute Gasteiger partial charge is 0.462 e. The second kappa shape index (κ2) is 9.71. The van der Waals surface area contributed by atoms with Crippen LogP contribution in [-0.4, -0.2) is 31.1 Å². The molecule has 0 spiro atoms.